The lowest BCUT2D eigenvalue weighted by Crippen LogP contribution is -1.98. The largest absolute Gasteiger partial charge is 0.437 e. The first-order valence-corrected chi connectivity index (χ1v) is 7.81. The number of fused-ring (bicyclic) bond motifs is 1. The molecule has 5 heteroatoms. The Labute approximate surface area is 127 Å². The number of hydrogen-bond acceptors (Lipinski definition) is 4. The molecule has 0 unspecified atom stereocenters. The molecule has 0 spiro atoms. The zero-order valence-electron chi connectivity index (χ0n) is 12.3. The molecular formula is C16H18N2O2S. The molecule has 2 heterocycles. The van der Waals surface area contributed by atoms with Crippen molar-refractivity contribution in [2.75, 3.05) is 0 Å². The standard InChI is InChI=1S/C16H18N2O2S/c1-10(2)12-5-4-11(3)8-14(12)20-15-13(9-19)18-6-7-21-16(18)17-15/h4-8,10,19H,9H2,1-3H3. The Bertz CT molecular complexity index is 774. The molecule has 0 atom stereocenters. The van der Waals surface area contributed by atoms with E-state index in [0.29, 0.717) is 17.5 Å². The number of aryl methyl sites for hydroxylation is 1. The summed E-state index contributed by atoms with van der Waals surface area (Å²) in [6, 6.07) is 6.19. The molecule has 0 radical (unpaired) electrons. The Balaban J connectivity index is 2.05. The maximum atomic E-state index is 9.60. The molecule has 2 aromatic heterocycles. The van der Waals surface area contributed by atoms with Gasteiger partial charge in [0.2, 0.25) is 5.88 Å². The first-order valence-electron chi connectivity index (χ1n) is 6.94. The lowest BCUT2D eigenvalue weighted by Gasteiger charge is -2.13. The number of benzene rings is 1. The van der Waals surface area contributed by atoms with Crippen LogP contribution in [-0.2, 0) is 6.61 Å². The SMILES string of the molecule is Cc1ccc(C(C)C)c(Oc2nc3sccn3c2CO)c1. The van der Waals surface area contributed by atoms with E-state index in [-0.39, 0.29) is 6.61 Å². The van der Waals surface area contributed by atoms with Crippen molar-refractivity contribution in [2.45, 2.75) is 33.3 Å². The highest BCUT2D eigenvalue weighted by atomic mass is 32.1. The zero-order chi connectivity index (χ0) is 15.0. The van der Waals surface area contributed by atoms with Crippen LogP contribution >= 0.6 is 11.3 Å². The Hall–Kier alpha value is -1.85. The van der Waals surface area contributed by atoms with Gasteiger partial charge in [0.05, 0.1) is 6.61 Å². The summed E-state index contributed by atoms with van der Waals surface area (Å²) >= 11 is 1.52. The average molecular weight is 302 g/mol. The van der Waals surface area contributed by atoms with Gasteiger partial charge in [-0.25, -0.2) is 0 Å². The molecule has 4 nitrogen and oxygen atoms in total. The highest BCUT2D eigenvalue weighted by molar-refractivity contribution is 7.15. The molecule has 21 heavy (non-hydrogen) atoms. The van der Waals surface area contributed by atoms with E-state index in [0.717, 1.165) is 21.8 Å². The third kappa shape index (κ3) is 2.54. The summed E-state index contributed by atoms with van der Waals surface area (Å²) in [6.07, 6.45) is 1.89. The molecular weight excluding hydrogens is 284 g/mol. The number of hydrogen-bond donors (Lipinski definition) is 1. The van der Waals surface area contributed by atoms with Gasteiger partial charge in [-0.2, -0.15) is 4.98 Å². The maximum absolute atomic E-state index is 9.60. The van der Waals surface area contributed by atoms with Crippen LogP contribution in [0, 0.1) is 6.92 Å². The number of imidazole rings is 1. The third-order valence-corrected chi connectivity index (χ3v) is 4.23. The lowest BCUT2D eigenvalue weighted by atomic mass is 10.0. The highest BCUT2D eigenvalue weighted by Gasteiger charge is 2.17. The van der Waals surface area contributed by atoms with Crippen LogP contribution in [0.2, 0.25) is 0 Å². The topological polar surface area (TPSA) is 46.8 Å². The van der Waals surface area contributed by atoms with Crippen molar-refractivity contribution in [3.05, 3.63) is 46.6 Å². The number of thiazole rings is 1. The van der Waals surface area contributed by atoms with Gasteiger partial charge in [0.25, 0.3) is 0 Å². The Morgan fingerprint density at radius 1 is 1.38 bits per heavy atom. The third-order valence-electron chi connectivity index (χ3n) is 3.47. The number of rotatable bonds is 4. The minimum Gasteiger partial charge on any atom is -0.437 e. The number of aliphatic hydroxyl groups is 1. The molecule has 0 aliphatic heterocycles. The molecule has 1 aromatic carbocycles. The van der Waals surface area contributed by atoms with Crippen LogP contribution in [0.4, 0.5) is 0 Å². The summed E-state index contributed by atoms with van der Waals surface area (Å²) in [7, 11) is 0. The minimum atomic E-state index is -0.101. The average Bonchev–Trinajstić information content (AvgIpc) is 2.98. The number of aliphatic hydroxyl groups excluding tert-OH is 1. The van der Waals surface area contributed by atoms with Crippen LogP contribution in [0.15, 0.2) is 29.8 Å². The van der Waals surface area contributed by atoms with Crippen LogP contribution in [0.3, 0.4) is 0 Å². The molecule has 3 aromatic rings. The second-order valence-corrected chi connectivity index (χ2v) is 6.25. The van der Waals surface area contributed by atoms with Gasteiger partial charge in [-0.05, 0) is 30.0 Å². The normalized spacial score (nSPS) is 11.5. The van der Waals surface area contributed by atoms with Gasteiger partial charge in [-0.15, -0.1) is 11.3 Å². The Kier molecular flexibility index (Phi) is 3.69. The van der Waals surface area contributed by atoms with Crippen molar-refractivity contribution in [3.63, 3.8) is 0 Å². The van der Waals surface area contributed by atoms with Gasteiger partial charge < -0.3 is 9.84 Å². The summed E-state index contributed by atoms with van der Waals surface area (Å²) < 4.78 is 7.90. The molecule has 0 aliphatic rings. The number of nitrogens with zero attached hydrogens (tertiary/aromatic N) is 2. The van der Waals surface area contributed by atoms with Crippen molar-refractivity contribution in [2.24, 2.45) is 0 Å². The van der Waals surface area contributed by atoms with Crippen molar-refractivity contribution in [3.8, 4) is 11.6 Å². The van der Waals surface area contributed by atoms with E-state index in [4.69, 9.17) is 4.74 Å². The van der Waals surface area contributed by atoms with E-state index >= 15 is 0 Å². The molecule has 0 saturated heterocycles. The summed E-state index contributed by atoms with van der Waals surface area (Å²) in [4.78, 5) is 5.29. The molecule has 3 rings (SSSR count). The van der Waals surface area contributed by atoms with Crippen LogP contribution in [0.5, 0.6) is 11.6 Å². The highest BCUT2D eigenvalue weighted by Crippen LogP contribution is 2.33. The van der Waals surface area contributed by atoms with Crippen molar-refractivity contribution in [1.82, 2.24) is 9.38 Å². The fourth-order valence-corrected chi connectivity index (χ4v) is 3.07. The van der Waals surface area contributed by atoms with Gasteiger partial charge >= 0.3 is 0 Å². The first kappa shape index (κ1) is 14.1. The molecule has 0 saturated carbocycles. The molecule has 110 valence electrons. The molecule has 0 aliphatic carbocycles. The van der Waals surface area contributed by atoms with Crippen molar-refractivity contribution >= 4 is 16.3 Å². The summed E-state index contributed by atoms with van der Waals surface area (Å²) in [5.74, 6) is 1.66. The molecule has 0 amide bonds. The van der Waals surface area contributed by atoms with E-state index in [9.17, 15) is 5.11 Å². The summed E-state index contributed by atoms with van der Waals surface area (Å²) in [5, 5.41) is 11.5. The van der Waals surface area contributed by atoms with E-state index in [2.05, 4.69) is 31.0 Å². The monoisotopic (exact) mass is 302 g/mol. The first-order chi connectivity index (χ1) is 10.1. The van der Waals surface area contributed by atoms with Gasteiger partial charge in [-0.3, -0.25) is 4.40 Å². The molecule has 0 bridgehead atoms. The van der Waals surface area contributed by atoms with Crippen LogP contribution in [0.1, 0.15) is 36.6 Å². The lowest BCUT2D eigenvalue weighted by molar-refractivity contribution is 0.269. The number of ether oxygens (including phenoxy) is 1. The van der Waals surface area contributed by atoms with E-state index in [1.54, 1.807) is 0 Å². The van der Waals surface area contributed by atoms with Gasteiger partial charge in [0.1, 0.15) is 11.4 Å². The number of aromatic nitrogens is 2. The van der Waals surface area contributed by atoms with Crippen LogP contribution < -0.4 is 4.74 Å². The predicted octanol–water partition coefficient (Wildman–Crippen LogP) is 4.11. The van der Waals surface area contributed by atoms with Gasteiger partial charge in [0, 0.05) is 11.6 Å². The summed E-state index contributed by atoms with van der Waals surface area (Å²) in [5.41, 5.74) is 2.96. The van der Waals surface area contributed by atoms with Crippen molar-refractivity contribution < 1.29 is 9.84 Å². The molecule has 0 fully saturated rings. The van der Waals surface area contributed by atoms with E-state index in [1.807, 2.05) is 29.0 Å². The fraction of sp³-hybridized carbons (Fsp3) is 0.312. The minimum absolute atomic E-state index is 0.101. The van der Waals surface area contributed by atoms with E-state index in [1.165, 1.54) is 11.3 Å². The Morgan fingerprint density at radius 3 is 2.90 bits per heavy atom. The second kappa shape index (κ2) is 5.50. The zero-order valence-corrected chi connectivity index (χ0v) is 13.1. The maximum Gasteiger partial charge on any atom is 0.244 e. The van der Waals surface area contributed by atoms with E-state index < -0.39 is 0 Å². The Morgan fingerprint density at radius 2 is 2.19 bits per heavy atom. The smallest absolute Gasteiger partial charge is 0.244 e. The fourth-order valence-electron chi connectivity index (χ4n) is 2.35. The van der Waals surface area contributed by atoms with Crippen LogP contribution in [-0.4, -0.2) is 14.5 Å². The molecule has 1 N–H and O–H groups in total. The second-order valence-electron chi connectivity index (χ2n) is 5.38. The van der Waals surface area contributed by atoms with Crippen molar-refractivity contribution in [1.29, 1.82) is 0 Å². The quantitative estimate of drug-likeness (QED) is 0.789. The van der Waals surface area contributed by atoms with Crippen LogP contribution in [0.25, 0.3) is 4.96 Å². The van der Waals surface area contributed by atoms with Gasteiger partial charge in [0.15, 0.2) is 4.96 Å². The predicted molar refractivity (Wildman–Crippen MR) is 84.3 cm³/mol. The summed E-state index contributed by atoms with van der Waals surface area (Å²) in [6.45, 7) is 6.21. The van der Waals surface area contributed by atoms with Gasteiger partial charge in [-0.1, -0.05) is 26.0 Å².